The summed E-state index contributed by atoms with van der Waals surface area (Å²) in [6.45, 7) is 1.77. The SMILES string of the molecule is CCOC(=O)C1C(=N)Oc2c(ccc3ccccc23)C1c1ccc(C(F)(F)F)cc1. The number of benzene rings is 3. The van der Waals surface area contributed by atoms with E-state index in [0.29, 0.717) is 16.9 Å². The van der Waals surface area contributed by atoms with Crippen LogP contribution in [0, 0.1) is 11.3 Å². The number of carbonyl (C=O) groups is 1. The molecular weight excluding hydrogens is 395 g/mol. The Morgan fingerprint density at radius 3 is 2.43 bits per heavy atom. The van der Waals surface area contributed by atoms with Gasteiger partial charge in [0, 0.05) is 16.9 Å². The molecule has 0 saturated carbocycles. The lowest BCUT2D eigenvalue weighted by Gasteiger charge is -2.33. The van der Waals surface area contributed by atoms with Crippen LogP contribution < -0.4 is 4.74 Å². The number of nitrogens with one attached hydrogen (secondary N) is 1. The third-order valence-electron chi connectivity index (χ3n) is 5.21. The minimum absolute atomic E-state index is 0.118. The van der Waals surface area contributed by atoms with Crippen LogP contribution >= 0.6 is 0 Å². The summed E-state index contributed by atoms with van der Waals surface area (Å²) in [5, 5.41) is 10.0. The second kappa shape index (κ2) is 7.48. The molecule has 0 aliphatic carbocycles. The molecule has 0 bridgehead atoms. The lowest BCUT2D eigenvalue weighted by atomic mass is 9.77. The number of alkyl halides is 3. The summed E-state index contributed by atoms with van der Waals surface area (Å²) in [4.78, 5) is 12.7. The van der Waals surface area contributed by atoms with Crippen molar-refractivity contribution in [2.24, 2.45) is 5.92 Å². The minimum Gasteiger partial charge on any atom is -0.465 e. The van der Waals surface area contributed by atoms with Crippen LogP contribution in [-0.4, -0.2) is 18.5 Å². The van der Waals surface area contributed by atoms with Gasteiger partial charge in [0.15, 0.2) is 0 Å². The molecule has 2 unspecified atom stereocenters. The summed E-state index contributed by atoms with van der Waals surface area (Å²) < 4.78 is 49.9. The van der Waals surface area contributed by atoms with Gasteiger partial charge >= 0.3 is 12.1 Å². The monoisotopic (exact) mass is 413 g/mol. The van der Waals surface area contributed by atoms with Gasteiger partial charge in [-0.05, 0) is 30.0 Å². The predicted molar refractivity (Wildman–Crippen MR) is 106 cm³/mol. The van der Waals surface area contributed by atoms with Crippen LogP contribution in [0.3, 0.4) is 0 Å². The van der Waals surface area contributed by atoms with Crippen LogP contribution in [0.4, 0.5) is 13.2 Å². The fraction of sp³-hybridized carbons (Fsp3) is 0.217. The van der Waals surface area contributed by atoms with E-state index in [0.717, 1.165) is 22.9 Å². The first-order valence-corrected chi connectivity index (χ1v) is 9.43. The maximum Gasteiger partial charge on any atom is 0.416 e. The highest BCUT2D eigenvalue weighted by atomic mass is 19.4. The van der Waals surface area contributed by atoms with Gasteiger partial charge in [-0.3, -0.25) is 10.2 Å². The van der Waals surface area contributed by atoms with Gasteiger partial charge in [-0.25, -0.2) is 0 Å². The molecule has 0 fully saturated rings. The Labute approximate surface area is 170 Å². The van der Waals surface area contributed by atoms with Gasteiger partial charge in [0.25, 0.3) is 0 Å². The first kappa shape index (κ1) is 19.9. The molecule has 4 nitrogen and oxygen atoms in total. The summed E-state index contributed by atoms with van der Waals surface area (Å²) in [5.41, 5.74) is 0.327. The number of esters is 1. The Morgan fingerprint density at radius 1 is 1.07 bits per heavy atom. The van der Waals surface area contributed by atoms with Crippen LogP contribution in [0.5, 0.6) is 5.75 Å². The van der Waals surface area contributed by atoms with Crippen molar-refractivity contribution in [3.8, 4) is 5.75 Å². The maximum atomic E-state index is 13.0. The van der Waals surface area contributed by atoms with Crippen molar-refractivity contribution in [1.82, 2.24) is 0 Å². The number of carbonyl (C=O) groups excluding carboxylic acids is 1. The van der Waals surface area contributed by atoms with Crippen molar-refractivity contribution in [2.45, 2.75) is 19.0 Å². The Kier molecular flexibility index (Phi) is 4.97. The normalized spacial score (nSPS) is 18.6. The van der Waals surface area contributed by atoms with Gasteiger partial charge in [0.1, 0.15) is 11.7 Å². The zero-order valence-electron chi connectivity index (χ0n) is 16.0. The number of hydrogen-bond donors (Lipinski definition) is 1. The molecule has 4 rings (SSSR count). The molecule has 3 aromatic carbocycles. The topological polar surface area (TPSA) is 59.4 Å². The molecule has 0 spiro atoms. The Balaban J connectivity index is 1.90. The Morgan fingerprint density at radius 2 is 1.77 bits per heavy atom. The van der Waals surface area contributed by atoms with E-state index in [1.807, 2.05) is 30.3 Å². The molecule has 1 aliphatic heterocycles. The van der Waals surface area contributed by atoms with E-state index in [-0.39, 0.29) is 12.5 Å². The molecule has 3 aromatic rings. The van der Waals surface area contributed by atoms with Gasteiger partial charge in [-0.15, -0.1) is 0 Å². The molecule has 0 saturated heterocycles. The Bertz CT molecular complexity index is 1120. The summed E-state index contributed by atoms with van der Waals surface area (Å²) in [7, 11) is 0. The zero-order valence-corrected chi connectivity index (χ0v) is 16.0. The van der Waals surface area contributed by atoms with Gasteiger partial charge in [0.05, 0.1) is 12.2 Å². The van der Waals surface area contributed by atoms with E-state index < -0.39 is 29.5 Å². The molecule has 0 aromatic heterocycles. The zero-order chi connectivity index (χ0) is 21.5. The van der Waals surface area contributed by atoms with Gasteiger partial charge < -0.3 is 9.47 Å². The number of hydrogen-bond acceptors (Lipinski definition) is 4. The second-order valence-electron chi connectivity index (χ2n) is 7.00. The smallest absolute Gasteiger partial charge is 0.416 e. The molecule has 1 N–H and O–H groups in total. The molecular formula is C23H18F3NO3. The second-order valence-corrected chi connectivity index (χ2v) is 7.00. The first-order chi connectivity index (χ1) is 14.3. The molecule has 30 heavy (non-hydrogen) atoms. The Hall–Kier alpha value is -3.35. The van der Waals surface area contributed by atoms with Gasteiger partial charge in [-0.2, -0.15) is 13.2 Å². The fourth-order valence-corrected chi connectivity index (χ4v) is 3.85. The maximum absolute atomic E-state index is 13.0. The molecule has 154 valence electrons. The summed E-state index contributed by atoms with van der Waals surface area (Å²) in [5.74, 6) is -2.29. The quantitative estimate of drug-likeness (QED) is 0.574. The van der Waals surface area contributed by atoms with E-state index >= 15 is 0 Å². The summed E-state index contributed by atoms with van der Waals surface area (Å²) in [6.07, 6.45) is -4.46. The highest BCUT2D eigenvalue weighted by molar-refractivity contribution is 6.03. The van der Waals surface area contributed by atoms with E-state index in [1.54, 1.807) is 13.0 Å². The van der Waals surface area contributed by atoms with E-state index in [2.05, 4.69) is 0 Å². The van der Waals surface area contributed by atoms with Gasteiger partial charge in [0.2, 0.25) is 5.90 Å². The largest absolute Gasteiger partial charge is 0.465 e. The summed E-state index contributed by atoms with van der Waals surface area (Å²) in [6, 6.07) is 15.8. The molecule has 7 heteroatoms. The number of fused-ring (bicyclic) bond motifs is 3. The van der Waals surface area contributed by atoms with Crippen LogP contribution in [0.15, 0.2) is 60.7 Å². The van der Waals surface area contributed by atoms with Crippen LogP contribution in [0.1, 0.15) is 29.5 Å². The number of ether oxygens (including phenoxy) is 2. The fourth-order valence-electron chi connectivity index (χ4n) is 3.85. The third-order valence-corrected chi connectivity index (χ3v) is 5.21. The highest BCUT2D eigenvalue weighted by Gasteiger charge is 2.43. The molecule has 0 radical (unpaired) electrons. The lowest BCUT2D eigenvalue weighted by molar-refractivity contribution is -0.146. The average Bonchev–Trinajstić information content (AvgIpc) is 2.72. The minimum atomic E-state index is -4.46. The average molecular weight is 413 g/mol. The standard InChI is InChI=1S/C23H18F3NO3/c1-2-29-22(28)19-18(14-7-10-15(11-8-14)23(24,25)26)17-12-9-13-5-3-4-6-16(13)20(17)30-21(19)27/h3-12,18-19,27H,2H2,1H3. The van der Waals surface area contributed by atoms with Crippen molar-refractivity contribution in [3.05, 3.63) is 77.4 Å². The lowest BCUT2D eigenvalue weighted by Crippen LogP contribution is -2.38. The van der Waals surface area contributed by atoms with Crippen molar-refractivity contribution < 1.29 is 27.4 Å². The van der Waals surface area contributed by atoms with E-state index in [1.165, 1.54) is 12.1 Å². The number of rotatable bonds is 3. The van der Waals surface area contributed by atoms with Crippen molar-refractivity contribution in [2.75, 3.05) is 6.61 Å². The van der Waals surface area contributed by atoms with Crippen LogP contribution in [0.2, 0.25) is 0 Å². The molecule has 1 heterocycles. The molecule has 2 atom stereocenters. The third kappa shape index (κ3) is 3.40. The van der Waals surface area contributed by atoms with Crippen molar-refractivity contribution in [3.63, 3.8) is 0 Å². The highest BCUT2D eigenvalue weighted by Crippen LogP contribution is 2.46. The summed E-state index contributed by atoms with van der Waals surface area (Å²) >= 11 is 0. The first-order valence-electron chi connectivity index (χ1n) is 9.43. The van der Waals surface area contributed by atoms with Gasteiger partial charge in [-0.1, -0.05) is 48.5 Å². The number of halogens is 3. The predicted octanol–water partition coefficient (Wildman–Crippen LogP) is 5.54. The van der Waals surface area contributed by atoms with E-state index in [9.17, 15) is 18.0 Å². The van der Waals surface area contributed by atoms with Crippen LogP contribution in [-0.2, 0) is 15.7 Å². The molecule has 1 aliphatic rings. The van der Waals surface area contributed by atoms with E-state index in [4.69, 9.17) is 14.9 Å². The van der Waals surface area contributed by atoms with Crippen molar-refractivity contribution >= 4 is 22.6 Å². The van der Waals surface area contributed by atoms with Crippen LogP contribution in [0.25, 0.3) is 10.8 Å². The molecule has 0 amide bonds. The van der Waals surface area contributed by atoms with Crippen molar-refractivity contribution in [1.29, 1.82) is 5.41 Å².